The summed E-state index contributed by atoms with van der Waals surface area (Å²) in [5.41, 5.74) is 1.53. The van der Waals surface area contributed by atoms with Crippen LogP contribution < -0.4 is 14.2 Å². The third kappa shape index (κ3) is 4.03. The summed E-state index contributed by atoms with van der Waals surface area (Å²) in [6.07, 6.45) is 3.18. The fourth-order valence-corrected chi connectivity index (χ4v) is 2.28. The normalized spacial score (nSPS) is 13.4. The molecule has 0 saturated heterocycles. The molecule has 0 unspecified atom stereocenters. The standard InChI is InChI=1S/C19H20O4/c1-21-17-10-19(23-12-14-5-3-2-4-6-14)18(9-16(17)11-20)22-13-15-7-8-15/h2-6,9-11,15H,7-8,12-13H2,1H3. The summed E-state index contributed by atoms with van der Waals surface area (Å²) >= 11 is 0. The van der Waals surface area contributed by atoms with Crippen molar-refractivity contribution >= 4 is 6.29 Å². The predicted molar refractivity (Wildman–Crippen MR) is 87.4 cm³/mol. The van der Waals surface area contributed by atoms with Gasteiger partial charge in [-0.2, -0.15) is 0 Å². The summed E-state index contributed by atoms with van der Waals surface area (Å²) in [4.78, 5) is 11.2. The van der Waals surface area contributed by atoms with Gasteiger partial charge in [-0.05, 0) is 30.4 Å². The van der Waals surface area contributed by atoms with E-state index in [-0.39, 0.29) is 0 Å². The first kappa shape index (κ1) is 15.4. The van der Waals surface area contributed by atoms with Gasteiger partial charge in [0.1, 0.15) is 12.4 Å². The molecule has 23 heavy (non-hydrogen) atoms. The Morgan fingerprint density at radius 3 is 2.43 bits per heavy atom. The van der Waals surface area contributed by atoms with Crippen molar-refractivity contribution < 1.29 is 19.0 Å². The quantitative estimate of drug-likeness (QED) is 0.694. The SMILES string of the molecule is COc1cc(OCc2ccccc2)c(OCC2CC2)cc1C=O. The Morgan fingerprint density at radius 2 is 1.78 bits per heavy atom. The summed E-state index contributed by atoms with van der Waals surface area (Å²) < 4.78 is 17.0. The lowest BCUT2D eigenvalue weighted by Crippen LogP contribution is -2.04. The van der Waals surface area contributed by atoms with E-state index in [1.165, 1.54) is 20.0 Å². The minimum absolute atomic E-state index is 0.435. The van der Waals surface area contributed by atoms with Gasteiger partial charge in [0.2, 0.25) is 0 Å². The highest BCUT2D eigenvalue weighted by Crippen LogP contribution is 2.37. The summed E-state index contributed by atoms with van der Waals surface area (Å²) in [7, 11) is 1.54. The third-order valence-corrected chi connectivity index (χ3v) is 3.83. The molecular weight excluding hydrogens is 292 g/mol. The Hall–Kier alpha value is -2.49. The van der Waals surface area contributed by atoms with Crippen molar-refractivity contribution in [3.05, 3.63) is 53.6 Å². The molecule has 1 aliphatic carbocycles. The van der Waals surface area contributed by atoms with Crippen molar-refractivity contribution in [2.45, 2.75) is 19.4 Å². The number of rotatable bonds is 8. The topological polar surface area (TPSA) is 44.8 Å². The lowest BCUT2D eigenvalue weighted by molar-refractivity contribution is 0.112. The molecule has 4 nitrogen and oxygen atoms in total. The van der Waals surface area contributed by atoms with Gasteiger partial charge < -0.3 is 14.2 Å². The van der Waals surface area contributed by atoms with Gasteiger partial charge in [0.05, 0.1) is 19.3 Å². The van der Waals surface area contributed by atoms with Crippen LogP contribution >= 0.6 is 0 Å². The predicted octanol–water partition coefficient (Wildman–Crippen LogP) is 3.88. The van der Waals surface area contributed by atoms with Gasteiger partial charge in [-0.15, -0.1) is 0 Å². The van der Waals surface area contributed by atoms with Crippen LogP contribution in [0.3, 0.4) is 0 Å². The summed E-state index contributed by atoms with van der Waals surface area (Å²) in [5, 5.41) is 0. The smallest absolute Gasteiger partial charge is 0.165 e. The molecule has 1 aliphatic rings. The molecule has 0 radical (unpaired) electrons. The maximum Gasteiger partial charge on any atom is 0.165 e. The van der Waals surface area contributed by atoms with Crippen molar-refractivity contribution in [2.75, 3.05) is 13.7 Å². The first-order valence-corrected chi connectivity index (χ1v) is 7.77. The molecule has 0 N–H and O–H groups in total. The van der Waals surface area contributed by atoms with Gasteiger partial charge in [-0.1, -0.05) is 30.3 Å². The van der Waals surface area contributed by atoms with Crippen LogP contribution in [-0.4, -0.2) is 20.0 Å². The van der Waals surface area contributed by atoms with E-state index in [0.717, 1.165) is 11.8 Å². The molecule has 0 amide bonds. The van der Waals surface area contributed by atoms with Crippen LogP contribution in [0.5, 0.6) is 17.2 Å². The summed E-state index contributed by atoms with van der Waals surface area (Å²) in [5.74, 6) is 2.30. The van der Waals surface area contributed by atoms with Gasteiger partial charge in [0.15, 0.2) is 17.8 Å². The largest absolute Gasteiger partial charge is 0.496 e. The molecule has 3 rings (SSSR count). The molecule has 0 bridgehead atoms. The maximum atomic E-state index is 11.2. The second kappa shape index (κ2) is 7.18. The number of aldehydes is 1. The lowest BCUT2D eigenvalue weighted by Gasteiger charge is -2.15. The Labute approximate surface area is 136 Å². The molecule has 120 valence electrons. The highest BCUT2D eigenvalue weighted by Gasteiger charge is 2.23. The van der Waals surface area contributed by atoms with E-state index in [4.69, 9.17) is 14.2 Å². The number of benzene rings is 2. The molecule has 2 aromatic carbocycles. The van der Waals surface area contributed by atoms with Crippen LogP contribution in [0.2, 0.25) is 0 Å². The molecule has 1 fully saturated rings. The average Bonchev–Trinajstić information content (AvgIpc) is 3.43. The first-order chi connectivity index (χ1) is 11.3. The van der Waals surface area contributed by atoms with Crippen LogP contribution in [0.4, 0.5) is 0 Å². The monoisotopic (exact) mass is 312 g/mol. The van der Waals surface area contributed by atoms with Crippen LogP contribution in [0.15, 0.2) is 42.5 Å². The van der Waals surface area contributed by atoms with Crippen LogP contribution in [0.25, 0.3) is 0 Å². The zero-order chi connectivity index (χ0) is 16.1. The molecule has 2 aromatic rings. The molecule has 0 atom stereocenters. The van der Waals surface area contributed by atoms with E-state index >= 15 is 0 Å². The fourth-order valence-electron chi connectivity index (χ4n) is 2.28. The van der Waals surface area contributed by atoms with Crippen LogP contribution in [-0.2, 0) is 6.61 Å². The third-order valence-electron chi connectivity index (χ3n) is 3.83. The minimum atomic E-state index is 0.435. The zero-order valence-electron chi connectivity index (χ0n) is 13.2. The van der Waals surface area contributed by atoms with Gasteiger partial charge >= 0.3 is 0 Å². The van der Waals surface area contributed by atoms with E-state index in [0.29, 0.717) is 41.9 Å². The number of hydrogen-bond donors (Lipinski definition) is 0. The molecule has 0 spiro atoms. The molecule has 0 heterocycles. The van der Waals surface area contributed by atoms with E-state index in [1.807, 2.05) is 30.3 Å². The Morgan fingerprint density at radius 1 is 1.04 bits per heavy atom. The molecule has 1 saturated carbocycles. The van der Waals surface area contributed by atoms with Crippen molar-refractivity contribution in [2.24, 2.45) is 5.92 Å². The second-order valence-corrected chi connectivity index (χ2v) is 5.69. The fraction of sp³-hybridized carbons (Fsp3) is 0.316. The van der Waals surface area contributed by atoms with E-state index in [1.54, 1.807) is 12.1 Å². The average molecular weight is 312 g/mol. The Balaban J connectivity index is 1.80. The van der Waals surface area contributed by atoms with Crippen LogP contribution in [0.1, 0.15) is 28.8 Å². The molecule has 0 aromatic heterocycles. The van der Waals surface area contributed by atoms with E-state index in [9.17, 15) is 4.79 Å². The van der Waals surface area contributed by atoms with Gasteiger partial charge in [-0.25, -0.2) is 0 Å². The molecule has 4 heteroatoms. The lowest BCUT2D eigenvalue weighted by atomic mass is 10.2. The summed E-state index contributed by atoms with van der Waals surface area (Å²) in [6, 6.07) is 13.3. The Kier molecular flexibility index (Phi) is 4.81. The summed E-state index contributed by atoms with van der Waals surface area (Å²) in [6.45, 7) is 1.09. The van der Waals surface area contributed by atoms with Gasteiger partial charge in [-0.3, -0.25) is 4.79 Å². The molecule has 0 aliphatic heterocycles. The van der Waals surface area contributed by atoms with Crippen molar-refractivity contribution in [1.82, 2.24) is 0 Å². The second-order valence-electron chi connectivity index (χ2n) is 5.69. The highest BCUT2D eigenvalue weighted by atomic mass is 16.5. The maximum absolute atomic E-state index is 11.2. The molecular formula is C19H20O4. The van der Waals surface area contributed by atoms with Crippen molar-refractivity contribution in [3.63, 3.8) is 0 Å². The number of ether oxygens (including phenoxy) is 3. The first-order valence-electron chi connectivity index (χ1n) is 7.77. The number of carbonyl (C=O) groups is 1. The number of carbonyl (C=O) groups excluding carboxylic acids is 1. The minimum Gasteiger partial charge on any atom is -0.496 e. The zero-order valence-corrected chi connectivity index (χ0v) is 13.2. The van der Waals surface area contributed by atoms with E-state index in [2.05, 4.69) is 0 Å². The van der Waals surface area contributed by atoms with Crippen molar-refractivity contribution in [3.8, 4) is 17.2 Å². The van der Waals surface area contributed by atoms with Gasteiger partial charge in [0, 0.05) is 6.07 Å². The highest BCUT2D eigenvalue weighted by molar-refractivity contribution is 5.81. The van der Waals surface area contributed by atoms with Crippen molar-refractivity contribution in [1.29, 1.82) is 0 Å². The van der Waals surface area contributed by atoms with E-state index < -0.39 is 0 Å². The number of hydrogen-bond acceptors (Lipinski definition) is 4. The number of methoxy groups -OCH3 is 1. The Bertz CT molecular complexity index is 663. The van der Waals surface area contributed by atoms with Gasteiger partial charge in [0.25, 0.3) is 0 Å². The van der Waals surface area contributed by atoms with Crippen LogP contribution in [0, 0.1) is 5.92 Å².